The average Bonchev–Trinajstić information content (AvgIpc) is 2.74. The summed E-state index contributed by atoms with van der Waals surface area (Å²) in [5.74, 6) is 1.50. The van der Waals surface area contributed by atoms with Crippen LogP contribution in [0.25, 0.3) is 33.5 Å². The first kappa shape index (κ1) is 17.8. The predicted octanol–water partition coefficient (Wildman–Crippen LogP) is 4.33. The van der Waals surface area contributed by atoms with Gasteiger partial charge in [0.1, 0.15) is 34.9 Å². The Kier molecular flexibility index (Phi) is 4.80. The number of benzene rings is 2. The first-order valence-corrected chi connectivity index (χ1v) is 8.88. The molecule has 0 unspecified atom stereocenters. The summed E-state index contributed by atoms with van der Waals surface area (Å²) in [6, 6.07) is 12.0. The Morgan fingerprint density at radius 1 is 1.04 bits per heavy atom. The maximum atomic E-state index is 13.3. The fourth-order valence-electron chi connectivity index (χ4n) is 3.00. The van der Waals surface area contributed by atoms with Crippen LogP contribution >= 0.6 is 0 Å². The highest BCUT2D eigenvalue weighted by Crippen LogP contribution is 2.35. The number of hydrogen-bond donors (Lipinski definition) is 1. The van der Waals surface area contributed by atoms with Crippen LogP contribution in [-0.2, 0) is 0 Å². The van der Waals surface area contributed by atoms with Crippen molar-refractivity contribution in [1.29, 1.82) is 0 Å². The quantitative estimate of drug-likeness (QED) is 0.560. The number of ether oxygens (including phenoxy) is 1. The summed E-state index contributed by atoms with van der Waals surface area (Å²) >= 11 is 0. The molecule has 4 aromatic rings. The second-order valence-electron chi connectivity index (χ2n) is 6.05. The van der Waals surface area contributed by atoms with Gasteiger partial charge < -0.3 is 10.1 Å². The Bertz CT molecular complexity index is 1120. The molecule has 0 radical (unpaired) electrons. The van der Waals surface area contributed by atoms with Crippen molar-refractivity contribution in [3.8, 4) is 28.4 Å². The molecule has 28 heavy (non-hydrogen) atoms. The fraction of sp³-hybridized carbons (Fsp3) is 0.143. The molecule has 0 spiro atoms. The normalized spacial score (nSPS) is 10.8. The number of nitrogens with zero attached hydrogens (tertiary/aromatic N) is 4. The number of anilines is 1. The van der Waals surface area contributed by atoms with Crippen LogP contribution < -0.4 is 10.1 Å². The Hall–Kier alpha value is -3.61. The minimum absolute atomic E-state index is 0.275. The van der Waals surface area contributed by atoms with E-state index in [1.165, 1.54) is 18.5 Å². The van der Waals surface area contributed by atoms with E-state index in [2.05, 4.69) is 20.3 Å². The second kappa shape index (κ2) is 7.56. The standard InChI is InChI=1S/C21H18FN5O/c1-3-28-18-11-14(13-4-6-15(22)7-5-13)10-16-19(18)26-21(27-20(16)23-2)17-8-9-24-12-25-17/h4-12H,3H2,1-2H3,(H,23,26,27). The molecule has 1 N–H and O–H groups in total. The molecule has 0 atom stereocenters. The minimum atomic E-state index is -0.275. The molecule has 0 aliphatic heterocycles. The van der Waals surface area contributed by atoms with E-state index in [1.54, 1.807) is 31.4 Å². The molecule has 0 bridgehead atoms. The van der Waals surface area contributed by atoms with Gasteiger partial charge in [0.25, 0.3) is 0 Å². The molecule has 0 amide bonds. The molecule has 6 nitrogen and oxygen atoms in total. The maximum absolute atomic E-state index is 13.3. The summed E-state index contributed by atoms with van der Waals surface area (Å²) in [7, 11) is 1.80. The maximum Gasteiger partial charge on any atom is 0.181 e. The zero-order chi connectivity index (χ0) is 19.5. The third kappa shape index (κ3) is 3.34. The predicted molar refractivity (Wildman–Crippen MR) is 107 cm³/mol. The van der Waals surface area contributed by atoms with E-state index in [4.69, 9.17) is 9.72 Å². The SMILES string of the molecule is CCOc1cc(-c2ccc(F)cc2)cc2c(NC)nc(-c3ccncn3)nc12. The molecule has 0 aliphatic carbocycles. The van der Waals surface area contributed by atoms with E-state index in [1.807, 2.05) is 19.1 Å². The smallest absolute Gasteiger partial charge is 0.181 e. The number of rotatable bonds is 5. The molecule has 4 rings (SSSR count). The largest absolute Gasteiger partial charge is 0.492 e. The molecule has 0 saturated carbocycles. The third-order valence-electron chi connectivity index (χ3n) is 4.29. The van der Waals surface area contributed by atoms with Crippen LogP contribution in [0.3, 0.4) is 0 Å². The highest BCUT2D eigenvalue weighted by atomic mass is 19.1. The minimum Gasteiger partial charge on any atom is -0.492 e. The van der Waals surface area contributed by atoms with Crippen molar-refractivity contribution in [2.45, 2.75) is 6.92 Å². The van der Waals surface area contributed by atoms with E-state index in [0.717, 1.165) is 16.5 Å². The Balaban J connectivity index is 1.96. The summed E-state index contributed by atoms with van der Waals surface area (Å²) in [6.45, 7) is 2.41. The summed E-state index contributed by atoms with van der Waals surface area (Å²) in [5, 5.41) is 3.94. The zero-order valence-electron chi connectivity index (χ0n) is 15.5. The van der Waals surface area contributed by atoms with Gasteiger partial charge in [0.05, 0.1) is 6.61 Å². The van der Waals surface area contributed by atoms with Gasteiger partial charge in [0.15, 0.2) is 5.82 Å². The number of hydrogen-bond acceptors (Lipinski definition) is 6. The zero-order valence-corrected chi connectivity index (χ0v) is 15.5. The van der Waals surface area contributed by atoms with Gasteiger partial charge in [-0.05, 0) is 48.4 Å². The lowest BCUT2D eigenvalue weighted by Gasteiger charge is -2.14. The lowest BCUT2D eigenvalue weighted by Crippen LogP contribution is -2.02. The summed E-state index contributed by atoms with van der Waals surface area (Å²) in [4.78, 5) is 17.5. The molecular formula is C21H18FN5O. The lowest BCUT2D eigenvalue weighted by atomic mass is 10.0. The van der Waals surface area contributed by atoms with Gasteiger partial charge >= 0.3 is 0 Å². The van der Waals surface area contributed by atoms with Gasteiger partial charge in [-0.2, -0.15) is 0 Å². The number of aromatic nitrogens is 4. The molecular weight excluding hydrogens is 357 g/mol. The van der Waals surface area contributed by atoms with Crippen molar-refractivity contribution in [2.75, 3.05) is 19.0 Å². The van der Waals surface area contributed by atoms with Crippen molar-refractivity contribution < 1.29 is 9.13 Å². The number of nitrogens with one attached hydrogen (secondary N) is 1. The summed E-state index contributed by atoms with van der Waals surface area (Å²) in [5.41, 5.74) is 3.08. The van der Waals surface area contributed by atoms with Crippen LogP contribution in [0.15, 0.2) is 55.0 Å². The number of fused-ring (bicyclic) bond motifs is 1. The van der Waals surface area contributed by atoms with Gasteiger partial charge in [-0.15, -0.1) is 0 Å². The topological polar surface area (TPSA) is 72.8 Å². The second-order valence-corrected chi connectivity index (χ2v) is 6.05. The molecule has 0 aliphatic rings. The van der Waals surface area contributed by atoms with Crippen molar-refractivity contribution in [3.63, 3.8) is 0 Å². The first-order chi connectivity index (χ1) is 13.7. The lowest BCUT2D eigenvalue weighted by molar-refractivity contribution is 0.344. The molecule has 0 fully saturated rings. The monoisotopic (exact) mass is 375 g/mol. The van der Waals surface area contributed by atoms with Gasteiger partial charge in [-0.25, -0.2) is 24.3 Å². The van der Waals surface area contributed by atoms with E-state index in [0.29, 0.717) is 35.2 Å². The van der Waals surface area contributed by atoms with Crippen molar-refractivity contribution in [3.05, 3.63) is 60.8 Å². The molecule has 140 valence electrons. The van der Waals surface area contributed by atoms with Crippen LogP contribution in [0.1, 0.15) is 6.92 Å². The van der Waals surface area contributed by atoms with E-state index in [9.17, 15) is 4.39 Å². The molecule has 2 heterocycles. The van der Waals surface area contributed by atoms with Crippen LogP contribution in [0.5, 0.6) is 5.75 Å². The van der Waals surface area contributed by atoms with Crippen LogP contribution in [0.4, 0.5) is 10.2 Å². The molecule has 2 aromatic heterocycles. The van der Waals surface area contributed by atoms with Crippen molar-refractivity contribution >= 4 is 16.7 Å². The Morgan fingerprint density at radius 2 is 1.86 bits per heavy atom. The van der Waals surface area contributed by atoms with Crippen LogP contribution in [0, 0.1) is 5.82 Å². The van der Waals surface area contributed by atoms with E-state index >= 15 is 0 Å². The number of halogens is 1. The summed E-state index contributed by atoms with van der Waals surface area (Å²) in [6.07, 6.45) is 3.11. The van der Waals surface area contributed by atoms with E-state index in [-0.39, 0.29) is 5.82 Å². The van der Waals surface area contributed by atoms with Gasteiger partial charge in [-0.1, -0.05) is 12.1 Å². The van der Waals surface area contributed by atoms with Crippen molar-refractivity contribution in [2.24, 2.45) is 0 Å². The highest BCUT2D eigenvalue weighted by molar-refractivity contribution is 5.97. The Morgan fingerprint density at radius 3 is 2.54 bits per heavy atom. The van der Waals surface area contributed by atoms with Crippen LogP contribution in [0.2, 0.25) is 0 Å². The van der Waals surface area contributed by atoms with Crippen LogP contribution in [-0.4, -0.2) is 33.6 Å². The molecule has 2 aromatic carbocycles. The fourth-order valence-corrected chi connectivity index (χ4v) is 3.00. The van der Waals surface area contributed by atoms with Gasteiger partial charge in [0.2, 0.25) is 0 Å². The molecule has 7 heteroatoms. The highest BCUT2D eigenvalue weighted by Gasteiger charge is 2.15. The van der Waals surface area contributed by atoms with Gasteiger partial charge in [-0.3, -0.25) is 0 Å². The molecule has 0 saturated heterocycles. The third-order valence-corrected chi connectivity index (χ3v) is 4.29. The van der Waals surface area contributed by atoms with Gasteiger partial charge in [0, 0.05) is 18.6 Å². The van der Waals surface area contributed by atoms with E-state index < -0.39 is 0 Å². The average molecular weight is 375 g/mol. The first-order valence-electron chi connectivity index (χ1n) is 8.88. The summed E-state index contributed by atoms with van der Waals surface area (Å²) < 4.78 is 19.2. The Labute approximate surface area is 161 Å². The van der Waals surface area contributed by atoms with Crippen molar-refractivity contribution in [1.82, 2.24) is 19.9 Å².